The molecule has 0 aliphatic heterocycles. The van der Waals surface area contributed by atoms with Gasteiger partial charge >= 0.3 is 0 Å². The van der Waals surface area contributed by atoms with Crippen LogP contribution in [0.4, 0.5) is 4.39 Å². The first-order valence-electron chi connectivity index (χ1n) is 7.66. The molecule has 1 atom stereocenters. The van der Waals surface area contributed by atoms with E-state index in [0.717, 1.165) is 18.5 Å². The molecule has 0 heterocycles. The van der Waals surface area contributed by atoms with Crippen LogP contribution in [0.5, 0.6) is 0 Å². The molecule has 2 aromatic rings. The minimum atomic E-state index is -0.892. The molecule has 1 unspecified atom stereocenters. The lowest BCUT2D eigenvalue weighted by molar-refractivity contribution is -0.0670. The molecule has 2 rings (SSSR count). The molecule has 25 heavy (non-hydrogen) atoms. The minimum Gasteiger partial charge on any atom is -0.412 e. The van der Waals surface area contributed by atoms with Gasteiger partial charge in [-0.25, -0.2) is 4.39 Å². The average molecular weight is 376 g/mol. The third-order valence-electron chi connectivity index (χ3n) is 3.30. The second kappa shape index (κ2) is 16.3. The Balaban J connectivity index is 0. The number of alkyl halides is 1. The first kappa shape index (κ1) is 26.0. The molecule has 0 aliphatic rings. The van der Waals surface area contributed by atoms with E-state index in [4.69, 9.17) is 14.0 Å². The number of rotatable bonds is 8. The fourth-order valence-corrected chi connectivity index (χ4v) is 2.10. The van der Waals surface area contributed by atoms with E-state index in [1.807, 2.05) is 12.1 Å². The number of hydrogen-bond donors (Lipinski definition) is 1. The highest BCUT2D eigenvalue weighted by Crippen LogP contribution is 2.18. The maximum atomic E-state index is 12.9. The van der Waals surface area contributed by atoms with Crippen molar-refractivity contribution in [2.24, 2.45) is 0 Å². The predicted octanol–water partition coefficient (Wildman–Crippen LogP) is 3.29. The molecule has 5 N–H and O–H groups in total. The van der Waals surface area contributed by atoms with E-state index in [1.165, 1.54) is 16.3 Å². The highest BCUT2D eigenvalue weighted by Gasteiger charge is 2.03. The summed E-state index contributed by atoms with van der Waals surface area (Å²) < 4.78 is 30.9. The van der Waals surface area contributed by atoms with Crippen LogP contribution in [0.2, 0.25) is 0 Å². The summed E-state index contributed by atoms with van der Waals surface area (Å²) in [5.74, 6) is 0. The van der Waals surface area contributed by atoms with Crippen LogP contribution in [0, 0.1) is 0 Å². The van der Waals surface area contributed by atoms with Crippen LogP contribution in [-0.4, -0.2) is 47.9 Å². The molecule has 0 radical (unpaired) electrons. The molecule has 0 fully saturated rings. The van der Waals surface area contributed by atoms with Crippen LogP contribution in [0.1, 0.15) is 18.9 Å². The van der Waals surface area contributed by atoms with E-state index in [-0.39, 0.29) is 24.4 Å². The van der Waals surface area contributed by atoms with E-state index in [9.17, 15) is 4.39 Å². The first-order valence-corrected chi connectivity index (χ1v) is 8.84. The molecule has 0 spiro atoms. The molecule has 0 amide bonds. The molecular weight excluding hydrogens is 347 g/mol. The van der Waals surface area contributed by atoms with Crippen molar-refractivity contribution in [1.29, 1.82) is 0 Å². The van der Waals surface area contributed by atoms with Crippen LogP contribution in [0.15, 0.2) is 42.5 Å². The van der Waals surface area contributed by atoms with Crippen LogP contribution in [0.25, 0.3) is 10.8 Å². The Morgan fingerprint density at radius 1 is 1.08 bits per heavy atom. The monoisotopic (exact) mass is 376 g/mol. The molecule has 0 bridgehead atoms. The lowest BCUT2D eigenvalue weighted by Gasteiger charge is -2.09. The van der Waals surface area contributed by atoms with Gasteiger partial charge in [0.1, 0.15) is 13.0 Å². The van der Waals surface area contributed by atoms with Gasteiger partial charge in [0.25, 0.3) is 0 Å². The quantitative estimate of drug-likeness (QED) is 0.434. The zero-order valence-corrected chi connectivity index (χ0v) is 15.5. The second-order valence-electron chi connectivity index (χ2n) is 4.97. The molecule has 0 saturated carbocycles. The van der Waals surface area contributed by atoms with Crippen molar-refractivity contribution < 1.29 is 29.4 Å². The summed E-state index contributed by atoms with van der Waals surface area (Å²) in [6.07, 6.45) is 2.02. The average Bonchev–Trinajstić information content (AvgIpc) is 2.58. The zero-order valence-electron chi connectivity index (χ0n) is 14.7. The van der Waals surface area contributed by atoms with E-state index < -0.39 is 6.17 Å². The van der Waals surface area contributed by atoms with Gasteiger partial charge in [-0.3, -0.25) is 0 Å². The van der Waals surface area contributed by atoms with E-state index >= 15 is 0 Å². The Morgan fingerprint density at radius 2 is 1.72 bits per heavy atom. The first-order chi connectivity index (χ1) is 11.2. The highest BCUT2D eigenvalue weighted by molar-refractivity contribution is 7.93. The SMILES string of the molecule is CCC(F)COCOCCc1cccc2ccccc12.CSO.O.O. The Kier molecular flexibility index (Phi) is 16.9. The Morgan fingerprint density at radius 3 is 2.40 bits per heavy atom. The lowest BCUT2D eigenvalue weighted by atomic mass is 10.0. The van der Waals surface area contributed by atoms with Gasteiger partial charge in [0.05, 0.1) is 13.2 Å². The number of fused-ring (bicyclic) bond motifs is 1. The second-order valence-corrected chi connectivity index (χ2v) is 5.34. The lowest BCUT2D eigenvalue weighted by Crippen LogP contribution is -2.12. The molecule has 2 aromatic carbocycles. The molecule has 0 aliphatic carbocycles. The van der Waals surface area contributed by atoms with E-state index in [0.29, 0.717) is 13.0 Å². The topological polar surface area (TPSA) is 102 Å². The fraction of sp³-hybridized carbons (Fsp3) is 0.444. The fourth-order valence-electron chi connectivity index (χ4n) is 2.10. The normalized spacial score (nSPS) is 10.9. The predicted molar refractivity (Wildman–Crippen MR) is 103 cm³/mol. The number of halogens is 1. The highest BCUT2D eigenvalue weighted by atomic mass is 32.2. The summed E-state index contributed by atoms with van der Waals surface area (Å²) >= 11 is 0.750. The van der Waals surface area contributed by atoms with Gasteiger partial charge in [0.2, 0.25) is 0 Å². The summed E-state index contributed by atoms with van der Waals surface area (Å²) in [6, 6.07) is 14.6. The summed E-state index contributed by atoms with van der Waals surface area (Å²) in [4.78, 5) is 0. The summed E-state index contributed by atoms with van der Waals surface area (Å²) in [6.45, 7) is 2.66. The number of ether oxygens (including phenoxy) is 2. The van der Waals surface area contributed by atoms with Crippen molar-refractivity contribution in [2.45, 2.75) is 25.9 Å². The van der Waals surface area contributed by atoms with E-state index in [1.54, 1.807) is 13.2 Å². The Hall–Kier alpha value is -1.22. The van der Waals surface area contributed by atoms with Crippen LogP contribution >= 0.6 is 12.0 Å². The number of benzene rings is 2. The van der Waals surface area contributed by atoms with Gasteiger partial charge in [-0.05, 0) is 41.2 Å². The van der Waals surface area contributed by atoms with Crippen molar-refractivity contribution in [3.63, 3.8) is 0 Å². The summed E-state index contributed by atoms with van der Waals surface area (Å²) in [5.41, 5.74) is 1.26. The van der Waals surface area contributed by atoms with Gasteiger partial charge in [-0.1, -0.05) is 49.4 Å². The van der Waals surface area contributed by atoms with Crippen molar-refractivity contribution >= 4 is 22.8 Å². The van der Waals surface area contributed by atoms with Crippen LogP contribution in [0.3, 0.4) is 0 Å². The van der Waals surface area contributed by atoms with Gasteiger partial charge in [-0.2, -0.15) is 0 Å². The Labute approximate surface area is 153 Å². The summed E-state index contributed by atoms with van der Waals surface area (Å²) in [5, 5.41) is 2.50. The molecule has 0 aromatic heterocycles. The largest absolute Gasteiger partial charge is 0.412 e. The van der Waals surface area contributed by atoms with Crippen LogP contribution < -0.4 is 0 Å². The third kappa shape index (κ3) is 10.4. The molecular formula is C18H29FO5S. The zero-order chi connectivity index (χ0) is 16.9. The standard InChI is InChI=1S/C17H21FO2.CH4OS.2H2O/c1-2-16(18)12-20-13-19-11-10-15-8-5-7-14-6-3-4-9-17(14)15;1-3-2;;/h3-9,16H,2,10-13H2,1H3;2H,1H3;2*1H2. The molecule has 0 saturated heterocycles. The minimum absolute atomic E-state index is 0. The van der Waals surface area contributed by atoms with Crippen molar-refractivity contribution in [3.8, 4) is 0 Å². The van der Waals surface area contributed by atoms with Gasteiger partial charge in [0, 0.05) is 6.26 Å². The smallest absolute Gasteiger partial charge is 0.146 e. The van der Waals surface area contributed by atoms with Crippen LogP contribution in [-0.2, 0) is 15.9 Å². The summed E-state index contributed by atoms with van der Waals surface area (Å²) in [7, 11) is 0. The third-order valence-corrected chi connectivity index (χ3v) is 3.30. The number of hydrogen-bond acceptors (Lipinski definition) is 4. The van der Waals surface area contributed by atoms with Crippen molar-refractivity contribution in [3.05, 3.63) is 48.0 Å². The van der Waals surface area contributed by atoms with Gasteiger partial charge < -0.3 is 25.0 Å². The maximum Gasteiger partial charge on any atom is 0.146 e. The molecule has 5 nitrogen and oxygen atoms in total. The van der Waals surface area contributed by atoms with Crippen molar-refractivity contribution in [2.75, 3.05) is 26.3 Å². The van der Waals surface area contributed by atoms with Gasteiger partial charge in [0.15, 0.2) is 0 Å². The van der Waals surface area contributed by atoms with Gasteiger partial charge in [-0.15, -0.1) is 0 Å². The van der Waals surface area contributed by atoms with E-state index in [2.05, 4.69) is 30.3 Å². The Bertz CT molecular complexity index is 550. The maximum absolute atomic E-state index is 12.9. The van der Waals surface area contributed by atoms with Crippen molar-refractivity contribution in [1.82, 2.24) is 0 Å². The molecule has 144 valence electrons. The molecule has 7 heteroatoms.